The average molecular weight is 501 g/mol. The normalized spacial score (nSPS) is 11.8. The van der Waals surface area contributed by atoms with E-state index < -0.39 is 10.0 Å². The quantitative estimate of drug-likeness (QED) is 0.503. The second-order valence-electron chi connectivity index (χ2n) is 2.80. The molecule has 1 aromatic rings. The topological polar surface area (TPSA) is 46.2 Å². The fourth-order valence-corrected chi connectivity index (χ4v) is 5.09. The van der Waals surface area contributed by atoms with Crippen molar-refractivity contribution < 1.29 is 8.42 Å². The number of sulfonamides is 1. The molecule has 3 nitrogen and oxygen atoms in total. The molecule has 0 aromatic heterocycles. The van der Waals surface area contributed by atoms with Crippen molar-refractivity contribution in [2.45, 2.75) is 11.8 Å². The van der Waals surface area contributed by atoms with Crippen molar-refractivity contribution in [3.05, 3.63) is 24.0 Å². The van der Waals surface area contributed by atoms with Gasteiger partial charge in [0, 0.05) is 20.0 Å². The highest BCUT2D eigenvalue weighted by Gasteiger charge is 2.21. The fraction of sp³-hybridized carbons (Fsp3) is 0.250. The van der Waals surface area contributed by atoms with E-state index in [0.717, 1.165) is 4.47 Å². The molecule has 1 aromatic carbocycles. The number of hydrogen-bond donors (Lipinski definition) is 1. The van der Waals surface area contributed by atoms with Crippen LogP contribution >= 0.6 is 63.7 Å². The first-order valence-corrected chi connectivity index (χ1v) is 8.79. The first kappa shape index (κ1) is 15.1. The molecule has 1 rings (SSSR count). The number of halogens is 4. The van der Waals surface area contributed by atoms with Crippen LogP contribution in [-0.2, 0) is 10.0 Å². The summed E-state index contributed by atoms with van der Waals surface area (Å²) in [4.78, 5) is 0.191. The van der Waals surface area contributed by atoms with Gasteiger partial charge in [-0.3, -0.25) is 0 Å². The van der Waals surface area contributed by atoms with E-state index in [0.29, 0.717) is 20.0 Å². The molecule has 0 saturated heterocycles. The van der Waals surface area contributed by atoms with Crippen LogP contribution in [0.15, 0.2) is 28.9 Å². The van der Waals surface area contributed by atoms with E-state index in [4.69, 9.17) is 0 Å². The van der Waals surface area contributed by atoms with E-state index in [1.165, 1.54) is 6.07 Å². The number of benzene rings is 1. The molecule has 0 aliphatic rings. The summed E-state index contributed by atoms with van der Waals surface area (Å²) in [7, 11) is -3.48. The lowest BCUT2D eigenvalue weighted by Gasteiger charge is -2.10. The van der Waals surface area contributed by atoms with Crippen molar-refractivity contribution in [3.8, 4) is 0 Å². The summed E-state index contributed by atoms with van der Waals surface area (Å²) < 4.78 is 28.7. The van der Waals surface area contributed by atoms with E-state index in [2.05, 4.69) is 68.4 Å². The first-order chi connectivity index (χ1) is 7.31. The van der Waals surface area contributed by atoms with Gasteiger partial charge < -0.3 is 0 Å². The zero-order valence-electron chi connectivity index (χ0n) is 8.02. The van der Waals surface area contributed by atoms with Gasteiger partial charge in [-0.2, -0.15) is 0 Å². The van der Waals surface area contributed by atoms with Crippen LogP contribution in [0.2, 0.25) is 0 Å². The van der Waals surface area contributed by atoms with Crippen molar-refractivity contribution in [2.75, 3.05) is 6.54 Å². The van der Waals surface area contributed by atoms with Gasteiger partial charge in [0.25, 0.3) is 0 Å². The van der Waals surface area contributed by atoms with Crippen molar-refractivity contribution in [1.29, 1.82) is 0 Å². The number of rotatable bonds is 3. The standard InChI is InChI=1S/C8H7Br4NO2S/c1-2-13-16(14,15)5-3-4(9)6(10)8(12)7(5)11/h3,13H,2H2,1H3. The van der Waals surface area contributed by atoms with Crippen molar-refractivity contribution in [2.24, 2.45) is 0 Å². The third-order valence-corrected chi connectivity index (χ3v) is 8.19. The summed E-state index contributed by atoms with van der Waals surface area (Å²) in [6.07, 6.45) is 0. The Morgan fingerprint density at radius 1 is 1.12 bits per heavy atom. The lowest BCUT2D eigenvalue weighted by Crippen LogP contribution is -2.23. The van der Waals surface area contributed by atoms with Crippen LogP contribution in [0, 0.1) is 0 Å². The molecule has 0 atom stereocenters. The van der Waals surface area contributed by atoms with Crippen LogP contribution < -0.4 is 4.72 Å². The van der Waals surface area contributed by atoms with E-state index in [-0.39, 0.29) is 4.90 Å². The Morgan fingerprint density at radius 2 is 1.69 bits per heavy atom. The second kappa shape index (κ2) is 5.79. The molecular formula is C8H7Br4NO2S. The number of nitrogens with one attached hydrogen (secondary N) is 1. The highest BCUT2D eigenvalue weighted by Crippen LogP contribution is 2.40. The predicted molar refractivity (Wildman–Crippen MR) is 78.1 cm³/mol. The Kier molecular flexibility index (Phi) is 5.47. The highest BCUT2D eigenvalue weighted by atomic mass is 79.9. The molecule has 8 heteroatoms. The maximum atomic E-state index is 11.9. The molecule has 16 heavy (non-hydrogen) atoms. The van der Waals surface area contributed by atoms with Gasteiger partial charge in [-0.25, -0.2) is 13.1 Å². The van der Waals surface area contributed by atoms with Gasteiger partial charge in [0.2, 0.25) is 10.0 Å². The molecular weight excluding hydrogens is 494 g/mol. The molecule has 0 heterocycles. The Hall–Kier alpha value is 1.05. The SMILES string of the molecule is CCNS(=O)(=O)c1cc(Br)c(Br)c(Br)c1Br. The molecule has 0 radical (unpaired) electrons. The van der Waals surface area contributed by atoms with Crippen LogP contribution in [0.1, 0.15) is 6.92 Å². The summed E-state index contributed by atoms with van der Waals surface area (Å²) >= 11 is 13.2. The molecule has 1 N–H and O–H groups in total. The minimum absolute atomic E-state index is 0.191. The first-order valence-electron chi connectivity index (χ1n) is 4.14. The summed E-state index contributed by atoms with van der Waals surface area (Å²) in [6.45, 7) is 2.08. The Balaban J connectivity index is 3.48. The zero-order chi connectivity index (χ0) is 12.5. The Morgan fingerprint density at radius 3 is 2.19 bits per heavy atom. The largest absolute Gasteiger partial charge is 0.241 e. The van der Waals surface area contributed by atoms with Crippen LogP contribution in [0.3, 0.4) is 0 Å². The van der Waals surface area contributed by atoms with Crippen LogP contribution in [0.4, 0.5) is 0 Å². The fourth-order valence-electron chi connectivity index (χ4n) is 1.01. The molecule has 0 unspecified atom stereocenters. The zero-order valence-corrected chi connectivity index (χ0v) is 15.2. The van der Waals surface area contributed by atoms with E-state index in [9.17, 15) is 8.42 Å². The lowest BCUT2D eigenvalue weighted by molar-refractivity contribution is 0.583. The maximum absolute atomic E-state index is 11.9. The summed E-state index contributed by atoms with van der Waals surface area (Å²) in [5.74, 6) is 0. The average Bonchev–Trinajstić information content (AvgIpc) is 2.20. The van der Waals surface area contributed by atoms with Gasteiger partial charge in [-0.15, -0.1) is 0 Å². The molecule has 0 spiro atoms. The minimum Gasteiger partial charge on any atom is -0.211 e. The van der Waals surface area contributed by atoms with E-state index in [1.807, 2.05) is 0 Å². The smallest absolute Gasteiger partial charge is 0.211 e. The van der Waals surface area contributed by atoms with Gasteiger partial charge >= 0.3 is 0 Å². The monoisotopic (exact) mass is 497 g/mol. The summed E-state index contributed by atoms with van der Waals surface area (Å²) in [5, 5.41) is 0. The predicted octanol–water partition coefficient (Wildman–Crippen LogP) is 4.03. The molecule has 0 fully saturated rings. The molecule has 0 aliphatic carbocycles. The summed E-state index contributed by atoms with van der Waals surface area (Å²) in [5.41, 5.74) is 0. The van der Waals surface area contributed by atoms with Crippen LogP contribution in [0.5, 0.6) is 0 Å². The minimum atomic E-state index is -3.48. The molecule has 0 saturated carbocycles. The van der Waals surface area contributed by atoms with Gasteiger partial charge in [-0.1, -0.05) is 6.92 Å². The Labute approximate surface area is 128 Å². The molecule has 0 aliphatic heterocycles. The molecule has 0 bridgehead atoms. The van der Waals surface area contributed by atoms with Gasteiger partial charge in [-0.05, 0) is 69.8 Å². The van der Waals surface area contributed by atoms with Gasteiger partial charge in [0.1, 0.15) is 0 Å². The van der Waals surface area contributed by atoms with Gasteiger partial charge in [0.05, 0.1) is 9.37 Å². The Bertz CT molecular complexity index is 515. The third-order valence-electron chi connectivity index (χ3n) is 1.69. The van der Waals surface area contributed by atoms with Crippen LogP contribution in [0.25, 0.3) is 0 Å². The van der Waals surface area contributed by atoms with E-state index >= 15 is 0 Å². The maximum Gasteiger partial charge on any atom is 0.241 e. The highest BCUT2D eigenvalue weighted by molar-refractivity contribution is 9.15. The van der Waals surface area contributed by atoms with Crippen molar-refractivity contribution >= 4 is 73.7 Å². The molecule has 90 valence electrons. The van der Waals surface area contributed by atoms with E-state index in [1.54, 1.807) is 6.92 Å². The number of hydrogen-bond acceptors (Lipinski definition) is 2. The lowest BCUT2D eigenvalue weighted by atomic mass is 10.4. The van der Waals surface area contributed by atoms with Crippen molar-refractivity contribution in [3.63, 3.8) is 0 Å². The molecule has 0 amide bonds. The van der Waals surface area contributed by atoms with Crippen molar-refractivity contribution in [1.82, 2.24) is 4.72 Å². The second-order valence-corrected chi connectivity index (χ2v) is 7.77. The third kappa shape index (κ3) is 3.08. The van der Waals surface area contributed by atoms with Crippen LogP contribution in [-0.4, -0.2) is 15.0 Å². The summed E-state index contributed by atoms with van der Waals surface area (Å²) in [6, 6.07) is 1.54. The van der Waals surface area contributed by atoms with Gasteiger partial charge in [0.15, 0.2) is 0 Å².